The molecule has 1 heterocycles. The molecule has 1 saturated heterocycles. The van der Waals surface area contributed by atoms with Gasteiger partial charge in [-0.25, -0.2) is 0 Å². The lowest BCUT2D eigenvalue weighted by Crippen LogP contribution is -2.44. The van der Waals surface area contributed by atoms with Crippen molar-refractivity contribution in [3.05, 3.63) is 35.9 Å². The zero-order valence-corrected chi connectivity index (χ0v) is 9.63. The van der Waals surface area contributed by atoms with Gasteiger partial charge in [0.2, 0.25) is 5.79 Å². The van der Waals surface area contributed by atoms with Crippen LogP contribution in [0.4, 0.5) is 0 Å². The Balaban J connectivity index is 1.97. The molecular formula is C14H16O3. The summed E-state index contributed by atoms with van der Waals surface area (Å²) in [6.45, 7) is 0. The van der Waals surface area contributed by atoms with Crippen LogP contribution in [-0.4, -0.2) is 16.9 Å². The summed E-state index contributed by atoms with van der Waals surface area (Å²) in [6.07, 6.45) is 3.17. The van der Waals surface area contributed by atoms with Crippen molar-refractivity contribution in [2.75, 3.05) is 0 Å². The Bertz CT molecular complexity index is 428. The molecule has 2 fully saturated rings. The van der Waals surface area contributed by atoms with Gasteiger partial charge >= 0.3 is 5.97 Å². The first-order valence-corrected chi connectivity index (χ1v) is 6.19. The number of hydrogen-bond acceptors (Lipinski definition) is 3. The third-order valence-electron chi connectivity index (χ3n) is 4.02. The van der Waals surface area contributed by atoms with E-state index in [-0.39, 0.29) is 17.8 Å². The fraction of sp³-hybridized carbons (Fsp3) is 0.500. The number of carbonyl (C=O) groups is 1. The molecule has 3 rings (SSSR count). The van der Waals surface area contributed by atoms with Crippen LogP contribution < -0.4 is 0 Å². The van der Waals surface area contributed by atoms with Gasteiger partial charge in [-0.1, -0.05) is 36.8 Å². The van der Waals surface area contributed by atoms with Gasteiger partial charge < -0.3 is 9.84 Å². The summed E-state index contributed by atoms with van der Waals surface area (Å²) in [5, 5.41) is 10.7. The molecule has 1 saturated carbocycles. The Morgan fingerprint density at radius 1 is 1.24 bits per heavy atom. The monoisotopic (exact) mass is 232 g/mol. The van der Waals surface area contributed by atoms with Crippen molar-refractivity contribution in [3.63, 3.8) is 0 Å². The molecular weight excluding hydrogens is 216 g/mol. The second-order valence-electron chi connectivity index (χ2n) is 5.02. The number of ether oxygens (including phenoxy) is 1. The number of aliphatic hydroxyl groups is 1. The smallest absolute Gasteiger partial charge is 0.308 e. The zero-order chi connectivity index (χ0) is 11.9. The van der Waals surface area contributed by atoms with E-state index in [0.717, 1.165) is 24.8 Å². The molecule has 0 amide bonds. The van der Waals surface area contributed by atoms with Crippen LogP contribution in [0.5, 0.6) is 0 Å². The second-order valence-corrected chi connectivity index (χ2v) is 5.02. The van der Waals surface area contributed by atoms with E-state index in [4.69, 9.17) is 4.74 Å². The van der Waals surface area contributed by atoms with Crippen molar-refractivity contribution in [2.24, 2.45) is 5.92 Å². The number of rotatable bonds is 1. The summed E-state index contributed by atoms with van der Waals surface area (Å²) in [5.41, 5.74) is 1.06. The van der Waals surface area contributed by atoms with E-state index in [9.17, 15) is 9.90 Å². The Labute approximate surface area is 100 Å². The van der Waals surface area contributed by atoms with Crippen LogP contribution in [0.25, 0.3) is 0 Å². The lowest BCUT2D eigenvalue weighted by Gasteiger charge is -2.39. The van der Waals surface area contributed by atoms with Crippen LogP contribution in [0.15, 0.2) is 30.3 Å². The molecule has 1 aromatic carbocycles. The SMILES string of the molecule is O=C1CC2CCCC(c3ccccc3)C2(O)O1. The van der Waals surface area contributed by atoms with Crippen LogP contribution in [-0.2, 0) is 9.53 Å². The van der Waals surface area contributed by atoms with E-state index in [1.807, 2.05) is 30.3 Å². The normalized spacial score (nSPS) is 36.4. The largest absolute Gasteiger partial charge is 0.432 e. The first kappa shape index (κ1) is 10.8. The summed E-state index contributed by atoms with van der Waals surface area (Å²) in [5.74, 6) is -1.64. The van der Waals surface area contributed by atoms with Gasteiger partial charge in [0.1, 0.15) is 0 Å². The minimum absolute atomic E-state index is 0.0334. The minimum atomic E-state index is -1.27. The predicted octanol–water partition coefficient (Wildman–Crippen LogP) is 2.21. The van der Waals surface area contributed by atoms with Gasteiger partial charge in [-0.05, 0) is 18.4 Å². The standard InChI is InChI=1S/C14H16O3/c15-13-9-11-7-4-8-12(14(11,16)17-13)10-5-2-1-3-6-10/h1-3,5-6,11-12,16H,4,7-9H2. The van der Waals surface area contributed by atoms with Gasteiger partial charge in [0, 0.05) is 11.8 Å². The van der Waals surface area contributed by atoms with E-state index in [2.05, 4.69) is 0 Å². The Morgan fingerprint density at radius 3 is 2.76 bits per heavy atom. The maximum atomic E-state index is 11.4. The molecule has 0 spiro atoms. The van der Waals surface area contributed by atoms with E-state index < -0.39 is 5.79 Å². The summed E-state index contributed by atoms with van der Waals surface area (Å²) in [6, 6.07) is 9.86. The number of carbonyl (C=O) groups excluding carboxylic acids is 1. The number of hydrogen-bond donors (Lipinski definition) is 1. The van der Waals surface area contributed by atoms with Gasteiger partial charge in [-0.15, -0.1) is 0 Å². The molecule has 3 atom stereocenters. The fourth-order valence-corrected chi connectivity index (χ4v) is 3.19. The molecule has 1 N–H and O–H groups in total. The first-order valence-electron chi connectivity index (χ1n) is 6.19. The molecule has 17 heavy (non-hydrogen) atoms. The van der Waals surface area contributed by atoms with Crippen LogP contribution in [0, 0.1) is 5.92 Å². The van der Waals surface area contributed by atoms with E-state index >= 15 is 0 Å². The summed E-state index contributed by atoms with van der Waals surface area (Å²) in [4.78, 5) is 11.4. The van der Waals surface area contributed by atoms with Gasteiger partial charge in [0.05, 0.1) is 6.42 Å². The maximum Gasteiger partial charge on any atom is 0.308 e. The molecule has 1 aliphatic carbocycles. The Morgan fingerprint density at radius 2 is 2.00 bits per heavy atom. The average molecular weight is 232 g/mol. The predicted molar refractivity (Wildman–Crippen MR) is 62.2 cm³/mol. The number of benzene rings is 1. The summed E-state index contributed by atoms with van der Waals surface area (Å²) < 4.78 is 5.24. The average Bonchev–Trinajstić information content (AvgIpc) is 2.63. The lowest BCUT2D eigenvalue weighted by molar-refractivity contribution is -0.221. The number of esters is 1. The third kappa shape index (κ3) is 1.65. The van der Waals surface area contributed by atoms with Crippen LogP contribution in [0.3, 0.4) is 0 Å². The van der Waals surface area contributed by atoms with Crippen molar-refractivity contribution in [3.8, 4) is 0 Å². The Hall–Kier alpha value is -1.35. The quantitative estimate of drug-likeness (QED) is 0.755. The Kier molecular flexibility index (Phi) is 2.44. The van der Waals surface area contributed by atoms with E-state index in [1.54, 1.807) is 0 Å². The molecule has 0 bridgehead atoms. The second kappa shape index (κ2) is 3.84. The lowest BCUT2D eigenvalue weighted by atomic mass is 9.73. The van der Waals surface area contributed by atoms with Crippen LogP contribution >= 0.6 is 0 Å². The molecule has 1 aliphatic heterocycles. The van der Waals surface area contributed by atoms with Gasteiger partial charge in [-0.3, -0.25) is 4.79 Å². The van der Waals surface area contributed by atoms with Crippen molar-refractivity contribution in [2.45, 2.75) is 37.4 Å². The molecule has 0 aromatic heterocycles. The summed E-state index contributed by atoms with van der Waals surface area (Å²) in [7, 11) is 0. The van der Waals surface area contributed by atoms with Crippen LogP contribution in [0.2, 0.25) is 0 Å². The zero-order valence-electron chi connectivity index (χ0n) is 9.63. The molecule has 3 nitrogen and oxygen atoms in total. The van der Waals surface area contributed by atoms with Crippen molar-refractivity contribution < 1.29 is 14.6 Å². The third-order valence-corrected chi connectivity index (χ3v) is 4.02. The molecule has 90 valence electrons. The molecule has 0 radical (unpaired) electrons. The first-order chi connectivity index (χ1) is 8.20. The van der Waals surface area contributed by atoms with Crippen LogP contribution in [0.1, 0.15) is 37.2 Å². The molecule has 3 heteroatoms. The topological polar surface area (TPSA) is 46.5 Å². The summed E-state index contributed by atoms with van der Waals surface area (Å²) >= 11 is 0. The van der Waals surface area contributed by atoms with E-state index in [1.165, 1.54) is 0 Å². The fourth-order valence-electron chi connectivity index (χ4n) is 3.19. The highest BCUT2D eigenvalue weighted by molar-refractivity contribution is 5.73. The van der Waals surface area contributed by atoms with Crippen molar-refractivity contribution in [1.82, 2.24) is 0 Å². The maximum absolute atomic E-state index is 11.4. The molecule has 3 unspecified atom stereocenters. The highest BCUT2D eigenvalue weighted by Crippen LogP contribution is 2.49. The van der Waals surface area contributed by atoms with E-state index in [0.29, 0.717) is 6.42 Å². The highest BCUT2D eigenvalue weighted by atomic mass is 16.7. The van der Waals surface area contributed by atoms with Crippen molar-refractivity contribution >= 4 is 5.97 Å². The number of fused-ring (bicyclic) bond motifs is 1. The highest BCUT2D eigenvalue weighted by Gasteiger charge is 2.55. The van der Waals surface area contributed by atoms with Crippen molar-refractivity contribution in [1.29, 1.82) is 0 Å². The molecule has 2 aliphatic rings. The molecule has 1 aromatic rings. The minimum Gasteiger partial charge on any atom is -0.432 e. The van der Waals surface area contributed by atoms with Gasteiger partial charge in [0.25, 0.3) is 0 Å². The van der Waals surface area contributed by atoms with Gasteiger partial charge in [-0.2, -0.15) is 0 Å². The van der Waals surface area contributed by atoms with Gasteiger partial charge in [0.15, 0.2) is 0 Å².